The van der Waals surface area contributed by atoms with Crippen molar-refractivity contribution in [3.8, 4) is 11.5 Å². The first kappa shape index (κ1) is 19.9. The molecule has 1 aromatic rings. The fraction of sp³-hybridized carbons (Fsp3) is 0.636. The molecule has 0 atom stereocenters. The normalized spacial score (nSPS) is 21.1. The number of urea groups is 1. The van der Waals surface area contributed by atoms with Gasteiger partial charge >= 0.3 is 6.03 Å². The van der Waals surface area contributed by atoms with Gasteiger partial charge in [-0.2, -0.15) is 0 Å². The molecule has 0 bridgehead atoms. The van der Waals surface area contributed by atoms with Crippen LogP contribution in [0.4, 0.5) is 10.5 Å². The first-order valence-electron chi connectivity index (χ1n) is 10.9. The summed E-state index contributed by atoms with van der Waals surface area (Å²) >= 11 is 0. The summed E-state index contributed by atoms with van der Waals surface area (Å²) in [5, 5.41) is 9.12. The molecular weight excluding hydrogens is 370 g/mol. The third kappa shape index (κ3) is 4.77. The van der Waals surface area contributed by atoms with Crippen LogP contribution < -0.4 is 25.4 Å². The Morgan fingerprint density at radius 1 is 0.897 bits per heavy atom. The number of fused-ring (bicyclic) bond motifs is 1. The maximum atomic E-state index is 13.3. The summed E-state index contributed by atoms with van der Waals surface area (Å²) in [6.45, 7) is 1.03. The summed E-state index contributed by atoms with van der Waals surface area (Å²) in [5.41, 5.74) is -0.219. The lowest BCUT2D eigenvalue weighted by molar-refractivity contribution is -0.123. The second-order valence-corrected chi connectivity index (χ2v) is 8.39. The van der Waals surface area contributed by atoms with E-state index in [1.165, 1.54) is 6.42 Å². The predicted octanol–water partition coefficient (Wildman–Crippen LogP) is 3.73. The summed E-state index contributed by atoms with van der Waals surface area (Å²) in [7, 11) is 0. The van der Waals surface area contributed by atoms with Gasteiger partial charge in [-0.15, -0.1) is 0 Å². The zero-order valence-corrected chi connectivity index (χ0v) is 16.9. The maximum absolute atomic E-state index is 13.3. The summed E-state index contributed by atoms with van der Waals surface area (Å²) in [5.74, 6) is 1.16. The summed E-state index contributed by atoms with van der Waals surface area (Å²) in [6.07, 6.45) is 9.83. The van der Waals surface area contributed by atoms with Crippen molar-refractivity contribution in [2.75, 3.05) is 18.5 Å². The Kier molecular flexibility index (Phi) is 6.11. The van der Waals surface area contributed by atoms with Crippen LogP contribution in [0, 0.1) is 0 Å². The number of benzene rings is 1. The highest BCUT2D eigenvalue weighted by molar-refractivity contribution is 6.00. The molecule has 7 nitrogen and oxygen atoms in total. The topological polar surface area (TPSA) is 88.7 Å². The number of amides is 3. The zero-order valence-electron chi connectivity index (χ0n) is 16.9. The van der Waals surface area contributed by atoms with E-state index in [1.807, 2.05) is 6.07 Å². The molecule has 7 heteroatoms. The first-order chi connectivity index (χ1) is 14.1. The molecule has 0 unspecified atom stereocenters. The molecule has 2 fully saturated rings. The molecule has 0 aromatic heterocycles. The van der Waals surface area contributed by atoms with Gasteiger partial charge in [-0.25, -0.2) is 4.79 Å². The quantitative estimate of drug-likeness (QED) is 0.717. The monoisotopic (exact) mass is 401 g/mol. The minimum Gasteiger partial charge on any atom is -0.486 e. The molecule has 2 aliphatic carbocycles. The molecule has 1 aliphatic heterocycles. The van der Waals surface area contributed by atoms with Crippen molar-refractivity contribution >= 4 is 17.6 Å². The van der Waals surface area contributed by atoms with Gasteiger partial charge in [-0.3, -0.25) is 4.79 Å². The van der Waals surface area contributed by atoms with Crippen LogP contribution in [0.3, 0.4) is 0 Å². The van der Waals surface area contributed by atoms with Crippen LogP contribution in [0.2, 0.25) is 0 Å². The van der Waals surface area contributed by atoms with Crippen molar-refractivity contribution in [2.24, 2.45) is 0 Å². The minimum absolute atomic E-state index is 0.160. The summed E-state index contributed by atoms with van der Waals surface area (Å²) < 4.78 is 11.2. The number of carbonyl (C=O) groups excluding carboxylic acids is 2. The van der Waals surface area contributed by atoms with E-state index in [0.717, 1.165) is 44.9 Å². The van der Waals surface area contributed by atoms with Gasteiger partial charge in [-0.1, -0.05) is 38.5 Å². The Morgan fingerprint density at radius 2 is 1.59 bits per heavy atom. The van der Waals surface area contributed by atoms with Crippen molar-refractivity contribution in [3.05, 3.63) is 18.2 Å². The molecule has 3 aliphatic rings. The number of rotatable bonds is 4. The van der Waals surface area contributed by atoms with Crippen LogP contribution in [0.5, 0.6) is 11.5 Å². The van der Waals surface area contributed by atoms with Crippen LogP contribution in [0.25, 0.3) is 0 Å². The van der Waals surface area contributed by atoms with E-state index in [-0.39, 0.29) is 18.0 Å². The number of hydrogen-bond acceptors (Lipinski definition) is 4. The average Bonchev–Trinajstić information content (AvgIpc) is 2.75. The Bertz CT molecular complexity index is 740. The standard InChI is InChI=1S/C22H31N3O4/c26-20(23-17-9-10-18-19(15-17)29-14-13-28-18)22(11-5-2-6-12-22)25-21(27)24-16-7-3-1-4-8-16/h9-10,15-16H,1-8,11-14H2,(H,23,26)(H2,24,25,27). The van der Waals surface area contributed by atoms with Gasteiger partial charge < -0.3 is 25.4 Å². The molecular formula is C22H31N3O4. The fourth-order valence-corrected chi connectivity index (χ4v) is 4.62. The van der Waals surface area contributed by atoms with Crippen LogP contribution in [-0.4, -0.2) is 36.7 Å². The minimum atomic E-state index is -0.871. The highest BCUT2D eigenvalue weighted by atomic mass is 16.6. The third-order valence-corrected chi connectivity index (χ3v) is 6.23. The van der Waals surface area contributed by atoms with Crippen LogP contribution in [0.1, 0.15) is 64.2 Å². The highest BCUT2D eigenvalue weighted by Crippen LogP contribution is 2.34. The smallest absolute Gasteiger partial charge is 0.315 e. The second kappa shape index (κ2) is 8.93. The molecule has 0 radical (unpaired) electrons. The number of anilines is 1. The number of carbonyl (C=O) groups is 2. The molecule has 29 heavy (non-hydrogen) atoms. The molecule has 0 saturated heterocycles. The van der Waals surface area contributed by atoms with Crippen molar-refractivity contribution < 1.29 is 19.1 Å². The lowest BCUT2D eigenvalue weighted by Crippen LogP contribution is -2.60. The van der Waals surface area contributed by atoms with Gasteiger partial charge in [0.25, 0.3) is 0 Å². The Hall–Kier alpha value is -2.44. The van der Waals surface area contributed by atoms with E-state index in [1.54, 1.807) is 12.1 Å². The van der Waals surface area contributed by atoms with Crippen LogP contribution in [-0.2, 0) is 4.79 Å². The van der Waals surface area contributed by atoms with E-state index in [2.05, 4.69) is 16.0 Å². The third-order valence-electron chi connectivity index (χ3n) is 6.23. The number of hydrogen-bond donors (Lipinski definition) is 3. The molecule has 1 aromatic carbocycles. The van der Waals surface area contributed by atoms with Gasteiger partial charge in [0.1, 0.15) is 18.8 Å². The Balaban J connectivity index is 1.43. The average molecular weight is 402 g/mol. The molecule has 3 N–H and O–H groups in total. The maximum Gasteiger partial charge on any atom is 0.315 e. The molecule has 158 valence electrons. The van der Waals surface area contributed by atoms with Crippen molar-refractivity contribution in [3.63, 3.8) is 0 Å². The Morgan fingerprint density at radius 3 is 2.34 bits per heavy atom. The van der Waals surface area contributed by atoms with Gasteiger partial charge in [0.05, 0.1) is 0 Å². The van der Waals surface area contributed by atoms with E-state index in [4.69, 9.17) is 9.47 Å². The largest absolute Gasteiger partial charge is 0.486 e. The predicted molar refractivity (Wildman–Crippen MR) is 110 cm³/mol. The van der Waals surface area contributed by atoms with Gasteiger partial charge in [0.2, 0.25) is 5.91 Å². The van der Waals surface area contributed by atoms with Crippen molar-refractivity contribution in [1.29, 1.82) is 0 Å². The van der Waals surface area contributed by atoms with E-state index < -0.39 is 5.54 Å². The van der Waals surface area contributed by atoms with Crippen LogP contribution in [0.15, 0.2) is 18.2 Å². The first-order valence-corrected chi connectivity index (χ1v) is 10.9. The van der Waals surface area contributed by atoms with E-state index in [0.29, 0.717) is 43.2 Å². The van der Waals surface area contributed by atoms with Crippen molar-refractivity contribution in [2.45, 2.75) is 75.8 Å². The van der Waals surface area contributed by atoms with Crippen molar-refractivity contribution in [1.82, 2.24) is 10.6 Å². The van der Waals surface area contributed by atoms with Gasteiger partial charge in [0.15, 0.2) is 11.5 Å². The summed E-state index contributed by atoms with van der Waals surface area (Å²) in [6, 6.07) is 5.39. The highest BCUT2D eigenvalue weighted by Gasteiger charge is 2.41. The molecule has 0 spiro atoms. The lowest BCUT2D eigenvalue weighted by atomic mass is 9.81. The zero-order chi connectivity index (χ0) is 20.1. The molecule has 2 saturated carbocycles. The fourth-order valence-electron chi connectivity index (χ4n) is 4.62. The van der Waals surface area contributed by atoms with Gasteiger partial charge in [0, 0.05) is 17.8 Å². The molecule has 4 rings (SSSR count). The second-order valence-electron chi connectivity index (χ2n) is 8.39. The molecule has 1 heterocycles. The van der Waals surface area contributed by atoms with E-state index >= 15 is 0 Å². The Labute approximate surface area is 171 Å². The van der Waals surface area contributed by atoms with E-state index in [9.17, 15) is 9.59 Å². The lowest BCUT2D eigenvalue weighted by Gasteiger charge is -2.37. The summed E-state index contributed by atoms with van der Waals surface area (Å²) in [4.78, 5) is 26.0. The molecule has 3 amide bonds. The van der Waals surface area contributed by atoms with Gasteiger partial charge in [-0.05, 0) is 37.8 Å². The number of nitrogens with one attached hydrogen (secondary N) is 3. The SMILES string of the molecule is O=C(NC1CCCCC1)NC1(C(=O)Nc2ccc3c(c2)OCCO3)CCCCC1. The van der Waals surface area contributed by atoms with Crippen LogP contribution >= 0.6 is 0 Å². The number of ether oxygens (including phenoxy) is 2.